The highest BCUT2D eigenvalue weighted by Gasteiger charge is 2.50. The summed E-state index contributed by atoms with van der Waals surface area (Å²) in [7, 11) is -2.60. The second-order valence-electron chi connectivity index (χ2n) is 12.6. The molecule has 5 nitrogen and oxygen atoms in total. The van der Waals surface area contributed by atoms with Crippen molar-refractivity contribution in [3.05, 3.63) is 130 Å². The maximum Gasteiger partial charge on any atom is 0.329 e. The first-order chi connectivity index (χ1) is 22.5. The Balaban J connectivity index is 1.52. The van der Waals surface area contributed by atoms with E-state index < -0.39 is 27.0 Å². The fourth-order valence-corrected chi connectivity index (χ4v) is 12.1. The van der Waals surface area contributed by atoms with Crippen molar-refractivity contribution in [2.24, 2.45) is 0 Å². The highest BCUT2D eigenvalue weighted by atomic mass is 35.5. The van der Waals surface area contributed by atoms with Crippen LogP contribution in [0.15, 0.2) is 109 Å². The minimum atomic E-state index is -2.60. The van der Waals surface area contributed by atoms with Gasteiger partial charge in [0.1, 0.15) is 12.7 Å². The summed E-state index contributed by atoms with van der Waals surface area (Å²) < 4.78 is 13.2. The molecule has 0 aliphatic carbocycles. The van der Waals surface area contributed by atoms with E-state index in [1.807, 2.05) is 54.2 Å². The van der Waals surface area contributed by atoms with Crippen LogP contribution in [0.1, 0.15) is 57.4 Å². The predicted molar refractivity (Wildman–Crippen MR) is 200 cm³/mol. The van der Waals surface area contributed by atoms with Gasteiger partial charge in [-0.2, -0.15) is 11.8 Å². The zero-order valence-electron chi connectivity index (χ0n) is 27.5. The first-order valence-corrected chi connectivity index (χ1v) is 19.8. The Hall–Kier alpha value is -2.62. The van der Waals surface area contributed by atoms with E-state index in [9.17, 15) is 9.90 Å². The Bertz CT molecular complexity index is 1500. The summed E-state index contributed by atoms with van der Waals surface area (Å²) in [5.74, 6) is 0.642. The van der Waals surface area contributed by atoms with E-state index in [4.69, 9.17) is 32.4 Å². The average Bonchev–Trinajstić information content (AvgIpc) is 3.05. The SMILES string of the molecule is CC[C@@H](CSCCO[Si](c1ccccc1)(c1ccccc1)C(C)(C)C)N[C@H](c1ccc(Cl)cc1)[C@H](OCC(=O)O)c1cccc(Cl)c1. The number of benzene rings is 4. The number of ether oxygens (including phenoxy) is 1. The molecule has 250 valence electrons. The van der Waals surface area contributed by atoms with Gasteiger partial charge in [-0.25, -0.2) is 4.79 Å². The average molecular weight is 711 g/mol. The summed E-state index contributed by atoms with van der Waals surface area (Å²) in [5, 5.41) is 17.0. The number of carbonyl (C=O) groups is 1. The van der Waals surface area contributed by atoms with Gasteiger partial charge in [-0.15, -0.1) is 0 Å². The topological polar surface area (TPSA) is 67.8 Å². The number of nitrogens with one attached hydrogen (secondary N) is 1. The third kappa shape index (κ3) is 9.95. The molecule has 0 unspecified atom stereocenters. The van der Waals surface area contributed by atoms with Crippen molar-refractivity contribution in [1.82, 2.24) is 5.32 Å². The van der Waals surface area contributed by atoms with Gasteiger partial charge in [0.05, 0.1) is 6.04 Å². The molecule has 4 aromatic carbocycles. The van der Waals surface area contributed by atoms with Crippen LogP contribution in [-0.2, 0) is 14.0 Å². The molecule has 9 heteroatoms. The van der Waals surface area contributed by atoms with E-state index in [0.29, 0.717) is 16.7 Å². The summed E-state index contributed by atoms with van der Waals surface area (Å²) >= 11 is 14.5. The summed E-state index contributed by atoms with van der Waals surface area (Å²) in [6.07, 6.45) is 0.275. The number of halogens is 2. The van der Waals surface area contributed by atoms with Gasteiger partial charge < -0.3 is 19.6 Å². The molecule has 0 saturated heterocycles. The zero-order valence-corrected chi connectivity index (χ0v) is 30.8. The Morgan fingerprint density at radius 2 is 1.47 bits per heavy atom. The van der Waals surface area contributed by atoms with E-state index in [1.54, 1.807) is 6.07 Å². The number of hydrogen-bond donors (Lipinski definition) is 2. The highest BCUT2D eigenvalue weighted by Crippen LogP contribution is 2.37. The number of thioether (sulfide) groups is 1. The third-order valence-electron chi connectivity index (χ3n) is 8.29. The lowest BCUT2D eigenvalue weighted by Crippen LogP contribution is -2.66. The van der Waals surface area contributed by atoms with Gasteiger partial charge >= 0.3 is 5.97 Å². The Morgan fingerprint density at radius 1 is 0.851 bits per heavy atom. The van der Waals surface area contributed by atoms with Crippen molar-refractivity contribution in [2.75, 3.05) is 24.7 Å². The first-order valence-electron chi connectivity index (χ1n) is 16.0. The van der Waals surface area contributed by atoms with Gasteiger partial charge in [0.2, 0.25) is 0 Å². The zero-order chi connectivity index (χ0) is 33.9. The van der Waals surface area contributed by atoms with Crippen molar-refractivity contribution in [2.45, 2.75) is 57.3 Å². The number of carboxylic acid groups (broad SMARTS) is 1. The van der Waals surface area contributed by atoms with Crippen molar-refractivity contribution >= 4 is 59.6 Å². The van der Waals surface area contributed by atoms with E-state index >= 15 is 0 Å². The van der Waals surface area contributed by atoms with Crippen LogP contribution in [0.4, 0.5) is 0 Å². The summed E-state index contributed by atoms with van der Waals surface area (Å²) in [5.41, 5.74) is 1.75. The molecule has 2 N–H and O–H groups in total. The highest BCUT2D eigenvalue weighted by molar-refractivity contribution is 7.99. The number of carboxylic acids is 1. The molecule has 0 aliphatic rings. The smallest absolute Gasteiger partial charge is 0.329 e. The van der Waals surface area contributed by atoms with E-state index in [1.165, 1.54) is 10.4 Å². The molecule has 3 atom stereocenters. The van der Waals surface area contributed by atoms with Gasteiger partial charge in [0, 0.05) is 34.2 Å². The second kappa shape index (κ2) is 17.7. The molecule has 0 spiro atoms. The number of hydrogen-bond acceptors (Lipinski definition) is 5. The molecule has 0 saturated carbocycles. The third-order valence-corrected chi connectivity index (χ3v) is 14.9. The van der Waals surface area contributed by atoms with Crippen molar-refractivity contribution in [3.8, 4) is 0 Å². The van der Waals surface area contributed by atoms with Crippen LogP contribution < -0.4 is 15.7 Å². The Morgan fingerprint density at radius 3 is 2.00 bits per heavy atom. The standard InChI is InChI=1S/C38H45Cl2NO4SSi/c1-5-32(27-46-24-23-45-47(38(2,3)4,33-15-8-6-9-16-33)34-17-10-7-11-18-34)41-36(28-19-21-30(39)22-20-28)37(44-26-35(42)43)29-13-12-14-31(40)25-29/h6-22,25,32,36-37,41H,5,23-24,26-27H2,1-4H3,(H,42,43)/t32-,36+,37+/m0/s1. The van der Waals surface area contributed by atoms with Crippen molar-refractivity contribution in [3.63, 3.8) is 0 Å². The van der Waals surface area contributed by atoms with Crippen LogP contribution in [0.5, 0.6) is 0 Å². The molecule has 0 aromatic heterocycles. The van der Waals surface area contributed by atoms with Crippen LogP contribution in [0.3, 0.4) is 0 Å². The minimum absolute atomic E-state index is 0.0784. The lowest BCUT2D eigenvalue weighted by atomic mass is 9.94. The maximum atomic E-state index is 11.6. The normalized spacial score (nSPS) is 14.0. The fraction of sp³-hybridized carbons (Fsp3) is 0.342. The van der Waals surface area contributed by atoms with Crippen LogP contribution in [0, 0.1) is 0 Å². The first kappa shape index (κ1) is 37.2. The van der Waals surface area contributed by atoms with Gasteiger partial charge in [0.25, 0.3) is 8.32 Å². The largest absolute Gasteiger partial charge is 0.480 e. The number of rotatable bonds is 17. The van der Waals surface area contributed by atoms with Gasteiger partial charge in [0.15, 0.2) is 0 Å². The van der Waals surface area contributed by atoms with Crippen LogP contribution in [0.2, 0.25) is 15.1 Å². The van der Waals surface area contributed by atoms with Gasteiger partial charge in [-0.1, -0.05) is 136 Å². The summed E-state index contributed by atoms with van der Waals surface area (Å²) in [6.45, 7) is 9.23. The molecule has 4 rings (SSSR count). The van der Waals surface area contributed by atoms with Crippen molar-refractivity contribution in [1.29, 1.82) is 0 Å². The molecule has 0 fully saturated rings. The lowest BCUT2D eigenvalue weighted by Gasteiger charge is -2.43. The molecule has 0 aliphatic heterocycles. The molecule has 0 bridgehead atoms. The molecule has 47 heavy (non-hydrogen) atoms. The molecule has 0 amide bonds. The van der Waals surface area contributed by atoms with Gasteiger partial charge in [-0.3, -0.25) is 0 Å². The lowest BCUT2D eigenvalue weighted by molar-refractivity contribution is -0.145. The summed E-state index contributed by atoms with van der Waals surface area (Å²) in [6, 6.07) is 36.2. The summed E-state index contributed by atoms with van der Waals surface area (Å²) in [4.78, 5) is 11.6. The maximum absolute atomic E-state index is 11.6. The monoisotopic (exact) mass is 709 g/mol. The van der Waals surface area contributed by atoms with E-state index in [2.05, 4.69) is 93.7 Å². The molecular weight excluding hydrogens is 665 g/mol. The van der Waals surface area contributed by atoms with Crippen LogP contribution in [-0.4, -0.2) is 50.2 Å². The molecule has 4 aromatic rings. The Labute approximate surface area is 295 Å². The second-order valence-corrected chi connectivity index (χ2v) is 18.9. The molecule has 0 radical (unpaired) electrons. The molecular formula is C38H45Cl2NO4SSi. The fourth-order valence-electron chi connectivity index (χ4n) is 6.04. The molecule has 0 heterocycles. The predicted octanol–water partition coefficient (Wildman–Crippen LogP) is 8.56. The van der Waals surface area contributed by atoms with E-state index in [0.717, 1.165) is 29.1 Å². The minimum Gasteiger partial charge on any atom is -0.480 e. The van der Waals surface area contributed by atoms with E-state index in [-0.39, 0.29) is 17.1 Å². The van der Waals surface area contributed by atoms with Crippen LogP contribution in [0.25, 0.3) is 0 Å². The van der Waals surface area contributed by atoms with Gasteiger partial charge in [-0.05, 0) is 57.2 Å². The van der Waals surface area contributed by atoms with Crippen LogP contribution >= 0.6 is 35.0 Å². The Kier molecular flexibility index (Phi) is 14.0. The number of aliphatic carboxylic acids is 1. The quantitative estimate of drug-likeness (QED) is 0.0846. The van der Waals surface area contributed by atoms with Crippen molar-refractivity contribution < 1.29 is 19.1 Å².